The molecule has 1 N–H and O–H groups in total. The topological polar surface area (TPSA) is 116 Å². The van der Waals surface area contributed by atoms with Gasteiger partial charge in [-0.1, -0.05) is 5.11 Å². The molecule has 8 heteroatoms. The van der Waals surface area contributed by atoms with E-state index in [2.05, 4.69) is 14.9 Å². The van der Waals surface area contributed by atoms with E-state index < -0.39 is 18.1 Å². The van der Waals surface area contributed by atoms with Crippen molar-refractivity contribution in [2.45, 2.75) is 31.9 Å². The molecule has 1 unspecified atom stereocenters. The largest absolute Gasteiger partial charge is 0.370 e. The molecule has 0 aromatic heterocycles. The summed E-state index contributed by atoms with van der Waals surface area (Å²) >= 11 is 0. The highest BCUT2D eigenvalue weighted by Crippen LogP contribution is 2.17. The Morgan fingerprint density at radius 1 is 1.75 bits per heavy atom. The first kappa shape index (κ1) is 12.3. The number of amides is 1. The van der Waals surface area contributed by atoms with Crippen LogP contribution in [-0.4, -0.2) is 34.8 Å². The number of carbonyl (C=O) groups excluding carboxylic acids is 2. The summed E-state index contributed by atoms with van der Waals surface area (Å²) in [6.45, 7) is 0.197. The van der Waals surface area contributed by atoms with Gasteiger partial charge in [-0.3, -0.25) is 4.79 Å². The van der Waals surface area contributed by atoms with E-state index in [1.165, 1.54) is 0 Å². The second-order valence-corrected chi connectivity index (χ2v) is 3.26. The third kappa shape index (κ3) is 3.41. The molecule has 0 bridgehead atoms. The Kier molecular flexibility index (Phi) is 4.56. The molecule has 1 fully saturated rings. The van der Waals surface area contributed by atoms with Gasteiger partial charge in [-0.05, 0) is 12.0 Å². The lowest BCUT2D eigenvalue weighted by molar-refractivity contribution is -0.220. The summed E-state index contributed by atoms with van der Waals surface area (Å²) in [7, 11) is 0. The molecule has 1 atom stereocenters. The highest BCUT2D eigenvalue weighted by atomic mass is 16.7. The number of hydrogen-bond acceptors (Lipinski definition) is 5. The zero-order chi connectivity index (χ0) is 12.0. The average molecular weight is 228 g/mol. The lowest BCUT2D eigenvalue weighted by atomic mass is 10.3. The van der Waals surface area contributed by atoms with Gasteiger partial charge in [0.05, 0.1) is 0 Å². The Morgan fingerprint density at radius 2 is 2.50 bits per heavy atom. The quantitative estimate of drug-likeness (QED) is 0.318. The van der Waals surface area contributed by atoms with Crippen LogP contribution in [0.25, 0.3) is 10.4 Å². The molecule has 0 spiro atoms. The Bertz CT molecular complexity index is 326. The maximum absolute atomic E-state index is 11.2. The first-order valence-corrected chi connectivity index (χ1v) is 4.87. The molecule has 1 saturated heterocycles. The minimum atomic E-state index is -1.05. The van der Waals surface area contributed by atoms with Crippen molar-refractivity contribution >= 4 is 11.9 Å². The first-order chi connectivity index (χ1) is 7.65. The van der Waals surface area contributed by atoms with Gasteiger partial charge in [-0.25, -0.2) is 4.79 Å². The predicted molar refractivity (Wildman–Crippen MR) is 51.4 cm³/mol. The molecule has 1 rings (SSSR count). The van der Waals surface area contributed by atoms with Gasteiger partial charge in [0.25, 0.3) is 5.91 Å². The van der Waals surface area contributed by atoms with Crippen LogP contribution in [0.3, 0.4) is 0 Å². The van der Waals surface area contributed by atoms with Crippen LogP contribution in [0, 0.1) is 0 Å². The third-order valence-corrected chi connectivity index (χ3v) is 2.04. The molecule has 1 aliphatic rings. The Hall–Kier alpha value is -1.79. The monoisotopic (exact) mass is 228 g/mol. The standard InChI is InChI=1S/C8H12N4O4/c9-11-10-5-1-2-8(15)16-12-6(13)3-4-7(12)14/h6,13H,1-5H2. The maximum atomic E-state index is 11.2. The van der Waals surface area contributed by atoms with Gasteiger partial charge in [0, 0.05) is 30.7 Å². The van der Waals surface area contributed by atoms with Crippen LogP contribution in [-0.2, 0) is 14.4 Å². The maximum Gasteiger partial charge on any atom is 0.332 e. The van der Waals surface area contributed by atoms with Gasteiger partial charge in [0.2, 0.25) is 0 Å². The minimum Gasteiger partial charge on any atom is -0.370 e. The molecule has 0 aliphatic carbocycles. The summed E-state index contributed by atoms with van der Waals surface area (Å²) in [5.74, 6) is -1.03. The molecule has 0 aromatic carbocycles. The molecule has 0 radical (unpaired) electrons. The fourth-order valence-electron chi connectivity index (χ4n) is 1.25. The molecule has 1 heterocycles. The first-order valence-electron chi connectivity index (χ1n) is 4.87. The molecule has 16 heavy (non-hydrogen) atoms. The molecular weight excluding hydrogens is 216 g/mol. The SMILES string of the molecule is [N-]=[N+]=NCCCC(=O)ON1C(=O)CCC1O. The summed E-state index contributed by atoms with van der Waals surface area (Å²) in [6, 6.07) is 0. The van der Waals surface area contributed by atoms with Crippen LogP contribution in [0.15, 0.2) is 5.11 Å². The van der Waals surface area contributed by atoms with E-state index in [0.29, 0.717) is 11.5 Å². The predicted octanol–water partition coefficient (Wildman–Crippen LogP) is 0.476. The number of carbonyl (C=O) groups is 2. The van der Waals surface area contributed by atoms with Crippen LogP contribution in [0.5, 0.6) is 0 Å². The highest BCUT2D eigenvalue weighted by molar-refractivity contribution is 5.79. The number of hydroxylamine groups is 2. The van der Waals surface area contributed by atoms with E-state index >= 15 is 0 Å². The van der Waals surface area contributed by atoms with E-state index in [1.54, 1.807) is 0 Å². The van der Waals surface area contributed by atoms with Gasteiger partial charge in [-0.2, -0.15) is 0 Å². The second kappa shape index (κ2) is 5.94. The molecule has 8 nitrogen and oxygen atoms in total. The van der Waals surface area contributed by atoms with Crippen molar-refractivity contribution in [2.75, 3.05) is 6.54 Å². The second-order valence-electron chi connectivity index (χ2n) is 3.26. The van der Waals surface area contributed by atoms with E-state index in [0.717, 1.165) is 0 Å². The van der Waals surface area contributed by atoms with E-state index in [9.17, 15) is 14.7 Å². The van der Waals surface area contributed by atoms with Gasteiger partial charge in [0.15, 0.2) is 6.23 Å². The summed E-state index contributed by atoms with van der Waals surface area (Å²) in [5, 5.41) is 13.2. The normalized spacial score (nSPS) is 19.4. The highest BCUT2D eigenvalue weighted by Gasteiger charge is 2.32. The van der Waals surface area contributed by atoms with Gasteiger partial charge < -0.3 is 9.94 Å². The van der Waals surface area contributed by atoms with Crippen LogP contribution in [0.1, 0.15) is 25.7 Å². The third-order valence-electron chi connectivity index (χ3n) is 2.04. The molecular formula is C8H12N4O4. The number of hydrogen-bond donors (Lipinski definition) is 1. The van der Waals surface area contributed by atoms with E-state index in [1.807, 2.05) is 0 Å². The Labute approximate surface area is 91.4 Å². The van der Waals surface area contributed by atoms with Crippen molar-refractivity contribution in [3.05, 3.63) is 10.4 Å². The smallest absolute Gasteiger partial charge is 0.332 e. The molecule has 1 aliphatic heterocycles. The van der Waals surface area contributed by atoms with Crippen LogP contribution >= 0.6 is 0 Å². The van der Waals surface area contributed by atoms with Gasteiger partial charge in [-0.15, -0.1) is 5.06 Å². The number of azide groups is 1. The van der Waals surface area contributed by atoms with Crippen molar-refractivity contribution < 1.29 is 19.5 Å². The Morgan fingerprint density at radius 3 is 3.06 bits per heavy atom. The zero-order valence-corrected chi connectivity index (χ0v) is 8.57. The lowest BCUT2D eigenvalue weighted by Gasteiger charge is -2.18. The van der Waals surface area contributed by atoms with Crippen molar-refractivity contribution in [3.8, 4) is 0 Å². The number of nitrogens with zero attached hydrogens (tertiary/aromatic N) is 4. The summed E-state index contributed by atoms with van der Waals surface area (Å²) in [4.78, 5) is 29.5. The fourth-order valence-corrected chi connectivity index (χ4v) is 1.25. The number of aliphatic hydroxyl groups excluding tert-OH is 1. The van der Waals surface area contributed by atoms with Crippen molar-refractivity contribution in [3.63, 3.8) is 0 Å². The lowest BCUT2D eigenvalue weighted by Crippen LogP contribution is -2.35. The molecule has 1 amide bonds. The van der Waals surface area contributed by atoms with E-state index in [-0.39, 0.29) is 25.8 Å². The zero-order valence-electron chi connectivity index (χ0n) is 8.57. The van der Waals surface area contributed by atoms with Crippen molar-refractivity contribution in [2.24, 2.45) is 5.11 Å². The Balaban J connectivity index is 2.28. The fraction of sp³-hybridized carbons (Fsp3) is 0.750. The average Bonchev–Trinajstić information content (AvgIpc) is 2.56. The summed E-state index contributed by atoms with van der Waals surface area (Å²) in [5.41, 5.74) is 7.99. The van der Waals surface area contributed by atoms with E-state index in [4.69, 9.17) is 5.53 Å². The van der Waals surface area contributed by atoms with Crippen LogP contribution < -0.4 is 0 Å². The number of rotatable bonds is 5. The van der Waals surface area contributed by atoms with Gasteiger partial charge in [0.1, 0.15) is 0 Å². The van der Waals surface area contributed by atoms with Crippen LogP contribution in [0.2, 0.25) is 0 Å². The minimum absolute atomic E-state index is 0.0372. The summed E-state index contributed by atoms with van der Waals surface area (Å²) < 4.78 is 0. The molecule has 0 saturated carbocycles. The molecule has 0 aromatic rings. The molecule has 88 valence electrons. The van der Waals surface area contributed by atoms with Crippen LogP contribution in [0.4, 0.5) is 0 Å². The van der Waals surface area contributed by atoms with Crippen molar-refractivity contribution in [1.82, 2.24) is 5.06 Å². The summed E-state index contributed by atoms with van der Waals surface area (Å²) in [6.07, 6.45) is -0.220. The number of aliphatic hydroxyl groups is 1. The van der Waals surface area contributed by atoms with Gasteiger partial charge >= 0.3 is 5.97 Å². The van der Waals surface area contributed by atoms with Crippen molar-refractivity contribution in [1.29, 1.82) is 0 Å².